The second-order valence-corrected chi connectivity index (χ2v) is 9.06. The number of fused-ring (bicyclic) bond motifs is 1. The molecule has 1 amide bonds. The van der Waals surface area contributed by atoms with Crippen molar-refractivity contribution in [1.29, 1.82) is 0 Å². The van der Waals surface area contributed by atoms with Gasteiger partial charge in [-0.15, -0.1) is 11.3 Å². The Hall–Kier alpha value is -1.66. The van der Waals surface area contributed by atoms with Crippen LogP contribution in [0.25, 0.3) is 10.1 Å². The highest BCUT2D eigenvalue weighted by molar-refractivity contribution is 7.17. The number of nitrogens with zero attached hydrogens (tertiary/aromatic N) is 3. The van der Waals surface area contributed by atoms with Crippen molar-refractivity contribution in [3.63, 3.8) is 0 Å². The third-order valence-corrected chi connectivity index (χ3v) is 7.26. The number of pyridine rings is 1. The van der Waals surface area contributed by atoms with E-state index in [0.29, 0.717) is 12.3 Å². The molecule has 2 N–H and O–H groups in total. The first kappa shape index (κ1) is 18.7. The Morgan fingerprint density at radius 2 is 1.85 bits per heavy atom. The zero-order valence-electron chi connectivity index (χ0n) is 16.0. The van der Waals surface area contributed by atoms with Crippen LogP contribution < -0.4 is 10.6 Å². The molecule has 1 aliphatic carbocycles. The van der Waals surface area contributed by atoms with Crippen LogP contribution in [0.1, 0.15) is 38.5 Å². The first-order chi connectivity index (χ1) is 13.2. The number of carbonyl (C=O) groups excluding carboxylic acids is 1. The van der Waals surface area contributed by atoms with E-state index in [1.54, 1.807) is 11.3 Å². The van der Waals surface area contributed by atoms with Crippen molar-refractivity contribution in [2.75, 3.05) is 37.6 Å². The van der Waals surface area contributed by atoms with Gasteiger partial charge in [0.15, 0.2) is 0 Å². The molecule has 2 aliphatic rings. The predicted molar refractivity (Wildman–Crippen MR) is 112 cm³/mol. The Morgan fingerprint density at radius 1 is 1.11 bits per heavy atom. The maximum atomic E-state index is 11.1. The zero-order valence-corrected chi connectivity index (χ0v) is 16.8. The minimum atomic E-state index is -0.135. The number of thiophene rings is 1. The third kappa shape index (κ3) is 4.61. The van der Waals surface area contributed by atoms with Crippen LogP contribution in [0.15, 0.2) is 23.7 Å². The van der Waals surface area contributed by atoms with Gasteiger partial charge in [-0.05, 0) is 60.5 Å². The van der Waals surface area contributed by atoms with Crippen molar-refractivity contribution in [3.05, 3.63) is 23.7 Å². The smallest absolute Gasteiger partial charge is 0.217 e. The average Bonchev–Trinajstić information content (AvgIpc) is 3.16. The molecule has 0 aromatic carbocycles. The molecule has 2 aromatic heterocycles. The van der Waals surface area contributed by atoms with Crippen molar-refractivity contribution in [2.24, 2.45) is 17.6 Å². The molecule has 6 heteroatoms. The Bertz CT molecular complexity index is 760. The lowest BCUT2D eigenvalue weighted by molar-refractivity contribution is -0.119. The van der Waals surface area contributed by atoms with E-state index in [9.17, 15) is 4.79 Å². The van der Waals surface area contributed by atoms with E-state index in [1.165, 1.54) is 48.7 Å². The third-order valence-electron chi connectivity index (χ3n) is 6.33. The molecule has 1 aliphatic heterocycles. The lowest BCUT2D eigenvalue weighted by Gasteiger charge is -2.36. The molecular formula is C21H30N4OS. The predicted octanol–water partition coefficient (Wildman–Crippen LogP) is 3.49. The van der Waals surface area contributed by atoms with Gasteiger partial charge in [-0.25, -0.2) is 4.98 Å². The molecule has 0 radical (unpaired) electrons. The van der Waals surface area contributed by atoms with Gasteiger partial charge in [-0.2, -0.15) is 0 Å². The van der Waals surface area contributed by atoms with E-state index in [0.717, 1.165) is 37.9 Å². The van der Waals surface area contributed by atoms with Crippen LogP contribution in [0.5, 0.6) is 0 Å². The first-order valence-corrected chi connectivity index (χ1v) is 11.1. The van der Waals surface area contributed by atoms with Crippen LogP contribution in [-0.4, -0.2) is 48.5 Å². The van der Waals surface area contributed by atoms with Gasteiger partial charge in [0.25, 0.3) is 0 Å². The van der Waals surface area contributed by atoms with Gasteiger partial charge in [0.05, 0.1) is 4.70 Å². The molecule has 146 valence electrons. The van der Waals surface area contributed by atoms with Gasteiger partial charge in [-0.3, -0.25) is 9.69 Å². The number of aromatic nitrogens is 1. The summed E-state index contributed by atoms with van der Waals surface area (Å²) in [6.45, 7) is 5.58. The summed E-state index contributed by atoms with van der Waals surface area (Å²) in [5.74, 6) is 2.39. The second-order valence-electron chi connectivity index (χ2n) is 8.15. The van der Waals surface area contributed by atoms with Crippen LogP contribution in [0.2, 0.25) is 0 Å². The maximum absolute atomic E-state index is 11.1. The van der Waals surface area contributed by atoms with E-state index < -0.39 is 0 Å². The Morgan fingerprint density at radius 3 is 2.59 bits per heavy atom. The highest BCUT2D eigenvalue weighted by Gasteiger charge is 2.24. The number of carbonyl (C=O) groups is 1. The average molecular weight is 387 g/mol. The van der Waals surface area contributed by atoms with Gasteiger partial charge in [0.2, 0.25) is 5.91 Å². The van der Waals surface area contributed by atoms with Gasteiger partial charge in [0, 0.05) is 38.8 Å². The van der Waals surface area contributed by atoms with Crippen molar-refractivity contribution in [3.8, 4) is 0 Å². The number of nitrogens with two attached hydrogens (primary N) is 1. The molecule has 3 heterocycles. The van der Waals surface area contributed by atoms with Crippen LogP contribution in [-0.2, 0) is 4.79 Å². The van der Waals surface area contributed by atoms with Gasteiger partial charge in [0.1, 0.15) is 5.82 Å². The molecule has 0 bridgehead atoms. The summed E-state index contributed by atoms with van der Waals surface area (Å²) >= 11 is 1.79. The lowest BCUT2D eigenvalue weighted by atomic mass is 9.79. The van der Waals surface area contributed by atoms with Crippen molar-refractivity contribution < 1.29 is 4.79 Å². The summed E-state index contributed by atoms with van der Waals surface area (Å²) < 4.78 is 1.32. The molecule has 1 saturated heterocycles. The highest BCUT2D eigenvalue weighted by atomic mass is 32.1. The SMILES string of the molecule is NC(=O)CC1CCC(CCN2CCN(c3nccc4ccsc34)CC2)CC1. The van der Waals surface area contributed by atoms with E-state index in [2.05, 4.69) is 32.3 Å². The fourth-order valence-corrected chi connectivity index (χ4v) is 5.57. The molecule has 2 fully saturated rings. The first-order valence-electron chi connectivity index (χ1n) is 10.3. The van der Waals surface area contributed by atoms with E-state index >= 15 is 0 Å². The van der Waals surface area contributed by atoms with E-state index in [4.69, 9.17) is 5.73 Å². The van der Waals surface area contributed by atoms with Crippen LogP contribution in [0.4, 0.5) is 5.82 Å². The zero-order chi connectivity index (χ0) is 18.6. The number of hydrogen-bond acceptors (Lipinski definition) is 5. The summed E-state index contributed by atoms with van der Waals surface area (Å²) in [5, 5.41) is 3.46. The van der Waals surface area contributed by atoms with Crippen LogP contribution in [0.3, 0.4) is 0 Å². The van der Waals surface area contributed by atoms with Crippen molar-refractivity contribution >= 4 is 33.1 Å². The fraction of sp³-hybridized carbons (Fsp3) is 0.619. The molecule has 27 heavy (non-hydrogen) atoms. The quantitative estimate of drug-likeness (QED) is 0.825. The largest absolute Gasteiger partial charge is 0.370 e. The molecule has 1 saturated carbocycles. The number of hydrogen-bond donors (Lipinski definition) is 1. The number of anilines is 1. The minimum absolute atomic E-state index is 0.135. The summed E-state index contributed by atoms with van der Waals surface area (Å²) in [6, 6.07) is 4.28. The molecule has 2 aromatic rings. The van der Waals surface area contributed by atoms with Gasteiger partial charge >= 0.3 is 0 Å². The molecule has 0 spiro atoms. The van der Waals surface area contributed by atoms with Gasteiger partial charge < -0.3 is 10.6 Å². The fourth-order valence-electron chi connectivity index (χ4n) is 4.66. The van der Waals surface area contributed by atoms with E-state index in [1.807, 2.05) is 6.20 Å². The van der Waals surface area contributed by atoms with Gasteiger partial charge in [-0.1, -0.05) is 12.8 Å². The van der Waals surface area contributed by atoms with Crippen LogP contribution >= 0.6 is 11.3 Å². The maximum Gasteiger partial charge on any atom is 0.217 e. The lowest BCUT2D eigenvalue weighted by Crippen LogP contribution is -2.47. The van der Waals surface area contributed by atoms with Crippen molar-refractivity contribution in [2.45, 2.75) is 38.5 Å². The van der Waals surface area contributed by atoms with E-state index in [-0.39, 0.29) is 5.91 Å². The number of rotatable bonds is 6. The Balaban J connectivity index is 1.21. The van der Waals surface area contributed by atoms with Crippen LogP contribution in [0, 0.1) is 11.8 Å². The molecule has 5 nitrogen and oxygen atoms in total. The number of amides is 1. The summed E-state index contributed by atoms with van der Waals surface area (Å²) in [5.41, 5.74) is 5.34. The normalized spacial score (nSPS) is 24.4. The number of piperazine rings is 1. The summed E-state index contributed by atoms with van der Waals surface area (Å²) in [7, 11) is 0. The summed E-state index contributed by atoms with van der Waals surface area (Å²) in [4.78, 5) is 20.8. The Labute approximate surface area is 165 Å². The molecule has 4 rings (SSSR count). The molecule has 0 atom stereocenters. The topological polar surface area (TPSA) is 62.5 Å². The Kier molecular flexibility index (Phi) is 5.93. The second kappa shape index (κ2) is 8.57. The minimum Gasteiger partial charge on any atom is -0.370 e. The summed E-state index contributed by atoms with van der Waals surface area (Å²) in [6.07, 6.45) is 8.70. The highest BCUT2D eigenvalue weighted by Crippen LogP contribution is 2.33. The standard InChI is InChI=1S/C21H30N4OS/c22-19(26)15-17-3-1-16(2-4-17)6-9-24-10-12-25(13-11-24)21-20-18(5-8-23-21)7-14-27-20/h5,7-8,14,16-17H,1-4,6,9-13,15H2,(H2,22,26). The monoisotopic (exact) mass is 386 g/mol. The molecule has 0 unspecified atom stereocenters. The molecular weight excluding hydrogens is 356 g/mol. The number of primary amides is 1. The van der Waals surface area contributed by atoms with Crippen molar-refractivity contribution in [1.82, 2.24) is 9.88 Å².